The zero-order chi connectivity index (χ0) is 16.6. The molecule has 7 heteroatoms. The summed E-state index contributed by atoms with van der Waals surface area (Å²) in [4.78, 5) is 13.7. The highest BCUT2D eigenvalue weighted by atomic mass is 19.4. The molecule has 2 N–H and O–H groups in total. The van der Waals surface area contributed by atoms with Crippen LogP contribution in [0.1, 0.15) is 25.3 Å². The van der Waals surface area contributed by atoms with E-state index in [9.17, 15) is 18.0 Å². The number of hydrogen-bond donors (Lipinski definition) is 2. The van der Waals surface area contributed by atoms with E-state index in [0.29, 0.717) is 13.1 Å². The molecule has 0 saturated carbocycles. The van der Waals surface area contributed by atoms with E-state index in [1.807, 2.05) is 11.8 Å². The van der Waals surface area contributed by atoms with Crippen LogP contribution in [0.2, 0.25) is 0 Å². The molecule has 0 aromatic heterocycles. The molecule has 0 radical (unpaired) electrons. The number of rotatable bonds is 8. The fraction of sp³-hybridized carbons (Fsp3) is 0.533. The maximum absolute atomic E-state index is 12.8. The van der Waals surface area contributed by atoms with Crippen molar-refractivity contribution in [1.82, 2.24) is 4.90 Å². The number of nitrogens with one attached hydrogen (secondary N) is 1. The molecule has 0 aliphatic rings. The van der Waals surface area contributed by atoms with Crippen LogP contribution in [0.4, 0.5) is 18.9 Å². The molecule has 1 amide bonds. The lowest BCUT2D eigenvalue weighted by atomic mass is 10.1. The molecule has 1 rings (SSSR count). The Morgan fingerprint density at radius 1 is 1.23 bits per heavy atom. The lowest BCUT2D eigenvalue weighted by Gasteiger charge is -2.20. The lowest BCUT2D eigenvalue weighted by molar-refractivity contribution is -0.137. The molecule has 1 aromatic carbocycles. The largest absolute Gasteiger partial charge is 0.418 e. The normalized spacial score (nSPS) is 11.7. The molecule has 0 atom stereocenters. The van der Waals surface area contributed by atoms with Gasteiger partial charge in [-0.25, -0.2) is 0 Å². The molecular formula is C15H21F3N2O2. The summed E-state index contributed by atoms with van der Waals surface area (Å²) < 4.78 is 38.5. The molecule has 0 aliphatic heterocycles. The van der Waals surface area contributed by atoms with Crippen molar-refractivity contribution in [3.8, 4) is 0 Å². The molecule has 0 unspecified atom stereocenters. The van der Waals surface area contributed by atoms with Gasteiger partial charge in [0, 0.05) is 19.5 Å². The number of carbonyl (C=O) groups is 1. The molecule has 22 heavy (non-hydrogen) atoms. The molecule has 0 spiro atoms. The van der Waals surface area contributed by atoms with Crippen LogP contribution >= 0.6 is 0 Å². The summed E-state index contributed by atoms with van der Waals surface area (Å²) in [6.07, 6.45) is -3.56. The zero-order valence-corrected chi connectivity index (χ0v) is 12.5. The summed E-state index contributed by atoms with van der Waals surface area (Å²) in [5.74, 6) is -0.476. The van der Waals surface area contributed by atoms with Crippen LogP contribution < -0.4 is 5.32 Å². The topological polar surface area (TPSA) is 52.6 Å². The Kier molecular flexibility index (Phi) is 7.34. The number of carbonyl (C=O) groups excluding carboxylic acids is 1. The Morgan fingerprint density at radius 2 is 1.91 bits per heavy atom. The van der Waals surface area contributed by atoms with E-state index in [0.717, 1.165) is 19.0 Å². The second-order valence-electron chi connectivity index (χ2n) is 4.91. The van der Waals surface area contributed by atoms with Crippen LogP contribution in [0.15, 0.2) is 24.3 Å². The fourth-order valence-electron chi connectivity index (χ4n) is 2.10. The Hall–Kier alpha value is -1.60. The van der Waals surface area contributed by atoms with E-state index >= 15 is 0 Å². The molecule has 4 nitrogen and oxygen atoms in total. The molecule has 0 aliphatic carbocycles. The first-order chi connectivity index (χ1) is 10.4. The Balaban J connectivity index is 2.62. The van der Waals surface area contributed by atoms with E-state index in [2.05, 4.69) is 5.32 Å². The van der Waals surface area contributed by atoms with Crippen molar-refractivity contribution in [1.29, 1.82) is 0 Å². The second kappa shape index (κ2) is 8.75. The van der Waals surface area contributed by atoms with Crippen molar-refractivity contribution in [2.24, 2.45) is 0 Å². The van der Waals surface area contributed by atoms with E-state index < -0.39 is 17.6 Å². The van der Waals surface area contributed by atoms with Gasteiger partial charge in [0.2, 0.25) is 5.91 Å². The van der Waals surface area contributed by atoms with Crippen molar-refractivity contribution in [3.63, 3.8) is 0 Å². The summed E-state index contributed by atoms with van der Waals surface area (Å²) in [6, 6.07) is 4.89. The summed E-state index contributed by atoms with van der Waals surface area (Å²) in [5, 5.41) is 11.2. The van der Waals surface area contributed by atoms with Gasteiger partial charge >= 0.3 is 6.18 Å². The summed E-state index contributed by atoms with van der Waals surface area (Å²) in [5.41, 5.74) is -1.09. The number of nitrogens with zero attached hydrogens (tertiary/aromatic N) is 1. The summed E-state index contributed by atoms with van der Waals surface area (Å²) in [6.45, 7) is 3.53. The van der Waals surface area contributed by atoms with Crippen molar-refractivity contribution in [2.75, 3.05) is 31.6 Å². The van der Waals surface area contributed by atoms with E-state index in [1.165, 1.54) is 18.2 Å². The fourth-order valence-corrected chi connectivity index (χ4v) is 2.10. The van der Waals surface area contributed by atoms with Crippen LogP contribution in [-0.4, -0.2) is 42.2 Å². The third kappa shape index (κ3) is 6.03. The highest BCUT2D eigenvalue weighted by molar-refractivity contribution is 5.91. The summed E-state index contributed by atoms with van der Waals surface area (Å²) >= 11 is 0. The van der Waals surface area contributed by atoms with Gasteiger partial charge in [0.15, 0.2) is 0 Å². The van der Waals surface area contributed by atoms with Gasteiger partial charge < -0.3 is 15.3 Å². The van der Waals surface area contributed by atoms with Gasteiger partial charge in [-0.3, -0.25) is 4.79 Å². The van der Waals surface area contributed by atoms with E-state index in [1.54, 1.807) is 0 Å². The Labute approximate surface area is 127 Å². The number of halogens is 3. The summed E-state index contributed by atoms with van der Waals surface area (Å²) in [7, 11) is 0. The minimum atomic E-state index is -4.50. The number of hydrogen-bond acceptors (Lipinski definition) is 3. The monoisotopic (exact) mass is 318 g/mol. The predicted molar refractivity (Wildman–Crippen MR) is 78.5 cm³/mol. The van der Waals surface area contributed by atoms with Gasteiger partial charge in [0.05, 0.1) is 17.9 Å². The van der Waals surface area contributed by atoms with Gasteiger partial charge in [0.25, 0.3) is 0 Å². The van der Waals surface area contributed by atoms with Crippen molar-refractivity contribution >= 4 is 11.6 Å². The third-order valence-corrected chi connectivity index (χ3v) is 3.12. The number of anilines is 1. The number of aliphatic hydroxyl groups excluding tert-OH is 1. The minimum Gasteiger partial charge on any atom is -0.395 e. The molecule has 1 aromatic rings. The molecule has 0 fully saturated rings. The highest BCUT2D eigenvalue weighted by Crippen LogP contribution is 2.34. The first kappa shape index (κ1) is 18.4. The Bertz CT molecular complexity index is 472. The smallest absolute Gasteiger partial charge is 0.395 e. The number of aliphatic hydroxyl groups is 1. The van der Waals surface area contributed by atoms with Gasteiger partial charge in [-0.05, 0) is 25.1 Å². The standard InChI is InChI=1S/C15H21F3N2O2/c1-2-8-20(10-11-21)9-7-14(22)19-13-6-4-3-5-12(13)15(16,17)18/h3-6,21H,2,7-11H2,1H3,(H,19,22). The highest BCUT2D eigenvalue weighted by Gasteiger charge is 2.33. The predicted octanol–water partition coefficient (Wildman–Crippen LogP) is 2.74. The molecule has 0 bridgehead atoms. The maximum Gasteiger partial charge on any atom is 0.418 e. The number of para-hydroxylation sites is 1. The number of alkyl halides is 3. The van der Waals surface area contributed by atoms with Crippen LogP contribution in [0.3, 0.4) is 0 Å². The van der Waals surface area contributed by atoms with Gasteiger partial charge in [-0.2, -0.15) is 13.2 Å². The van der Waals surface area contributed by atoms with Crippen LogP contribution in [0, 0.1) is 0 Å². The first-order valence-electron chi connectivity index (χ1n) is 7.17. The van der Waals surface area contributed by atoms with Crippen molar-refractivity contribution in [2.45, 2.75) is 25.9 Å². The Morgan fingerprint density at radius 3 is 2.50 bits per heavy atom. The molecule has 124 valence electrons. The first-order valence-corrected chi connectivity index (χ1v) is 7.17. The third-order valence-electron chi connectivity index (χ3n) is 3.12. The van der Waals surface area contributed by atoms with Crippen LogP contribution in [-0.2, 0) is 11.0 Å². The average molecular weight is 318 g/mol. The maximum atomic E-state index is 12.8. The van der Waals surface area contributed by atoms with Crippen LogP contribution in [0.25, 0.3) is 0 Å². The van der Waals surface area contributed by atoms with Crippen LogP contribution in [0.5, 0.6) is 0 Å². The van der Waals surface area contributed by atoms with E-state index in [-0.39, 0.29) is 18.7 Å². The SMILES string of the molecule is CCCN(CCO)CCC(=O)Nc1ccccc1C(F)(F)F. The average Bonchev–Trinajstić information content (AvgIpc) is 2.45. The second-order valence-corrected chi connectivity index (χ2v) is 4.91. The van der Waals surface area contributed by atoms with Gasteiger partial charge in [0.1, 0.15) is 0 Å². The molecular weight excluding hydrogens is 297 g/mol. The molecule has 0 heterocycles. The zero-order valence-electron chi connectivity index (χ0n) is 12.5. The van der Waals surface area contributed by atoms with Crippen molar-refractivity contribution in [3.05, 3.63) is 29.8 Å². The number of amides is 1. The minimum absolute atomic E-state index is 0.0154. The van der Waals surface area contributed by atoms with Gasteiger partial charge in [-0.15, -0.1) is 0 Å². The van der Waals surface area contributed by atoms with Crippen molar-refractivity contribution < 1.29 is 23.1 Å². The molecule has 0 saturated heterocycles. The lowest BCUT2D eigenvalue weighted by Crippen LogP contribution is -2.31. The van der Waals surface area contributed by atoms with Gasteiger partial charge in [-0.1, -0.05) is 19.1 Å². The number of benzene rings is 1. The van der Waals surface area contributed by atoms with E-state index in [4.69, 9.17) is 5.11 Å². The quantitative estimate of drug-likeness (QED) is 0.775.